The van der Waals surface area contributed by atoms with E-state index in [1.54, 1.807) is 0 Å². The number of benzene rings is 2. The Bertz CT molecular complexity index is 889. The Hall–Kier alpha value is -2.54. The van der Waals surface area contributed by atoms with Crippen LogP contribution >= 0.6 is 0 Å². The highest BCUT2D eigenvalue weighted by atomic mass is 19.4. The molecule has 1 saturated carbocycles. The van der Waals surface area contributed by atoms with Crippen molar-refractivity contribution in [1.29, 1.82) is 0 Å². The van der Waals surface area contributed by atoms with Crippen molar-refractivity contribution in [3.63, 3.8) is 0 Å². The van der Waals surface area contributed by atoms with E-state index in [1.807, 2.05) is 18.2 Å². The Morgan fingerprint density at radius 2 is 1.55 bits per heavy atom. The highest BCUT2D eigenvalue weighted by molar-refractivity contribution is 5.45. The zero-order chi connectivity index (χ0) is 20.9. The van der Waals surface area contributed by atoms with Gasteiger partial charge in [0.05, 0.1) is 5.56 Å². The van der Waals surface area contributed by atoms with Crippen molar-refractivity contribution >= 4 is 0 Å². The molecule has 1 fully saturated rings. The largest absolute Gasteiger partial charge is 0.419 e. The van der Waals surface area contributed by atoms with Crippen LogP contribution in [0, 0.1) is 23.6 Å². The Balaban J connectivity index is 1.62. The third kappa shape index (κ3) is 5.73. The van der Waals surface area contributed by atoms with Crippen molar-refractivity contribution in [2.24, 2.45) is 5.92 Å². The van der Waals surface area contributed by atoms with Crippen LogP contribution in [0.25, 0.3) is 0 Å². The van der Waals surface area contributed by atoms with Crippen molar-refractivity contribution in [3.8, 4) is 11.8 Å². The van der Waals surface area contributed by atoms with Crippen LogP contribution in [-0.2, 0) is 6.18 Å². The second-order valence-corrected chi connectivity index (χ2v) is 7.65. The molecule has 0 nitrogen and oxygen atoms in total. The lowest BCUT2D eigenvalue weighted by atomic mass is 9.77. The van der Waals surface area contributed by atoms with Crippen LogP contribution in [0.5, 0.6) is 0 Å². The summed E-state index contributed by atoms with van der Waals surface area (Å²) in [4.78, 5) is 0. The zero-order valence-electron chi connectivity index (χ0n) is 16.2. The summed E-state index contributed by atoms with van der Waals surface area (Å²) in [6, 6.07) is 10.7. The maximum Gasteiger partial charge on any atom is 0.419 e. The number of allylic oxidation sites excluding steroid dienone is 1. The zero-order valence-corrected chi connectivity index (χ0v) is 16.2. The molecule has 0 bridgehead atoms. The first-order valence-corrected chi connectivity index (χ1v) is 9.96. The summed E-state index contributed by atoms with van der Waals surface area (Å²) in [5, 5.41) is 0. The average molecular weight is 400 g/mol. The van der Waals surface area contributed by atoms with Gasteiger partial charge >= 0.3 is 6.18 Å². The second kappa shape index (κ2) is 9.31. The molecular formula is C25H24F4. The van der Waals surface area contributed by atoms with Gasteiger partial charge in [-0.05, 0) is 86.3 Å². The van der Waals surface area contributed by atoms with Gasteiger partial charge in [-0.2, -0.15) is 13.2 Å². The first kappa shape index (κ1) is 21.2. The van der Waals surface area contributed by atoms with E-state index >= 15 is 0 Å². The monoisotopic (exact) mass is 400 g/mol. The van der Waals surface area contributed by atoms with E-state index in [0.29, 0.717) is 5.92 Å². The van der Waals surface area contributed by atoms with Gasteiger partial charge in [0.2, 0.25) is 0 Å². The van der Waals surface area contributed by atoms with Crippen molar-refractivity contribution in [1.82, 2.24) is 0 Å². The molecule has 29 heavy (non-hydrogen) atoms. The van der Waals surface area contributed by atoms with E-state index in [0.717, 1.165) is 30.0 Å². The molecule has 0 aliphatic heterocycles. The van der Waals surface area contributed by atoms with Crippen LogP contribution in [0.4, 0.5) is 17.6 Å². The van der Waals surface area contributed by atoms with Crippen LogP contribution < -0.4 is 0 Å². The third-order valence-electron chi connectivity index (χ3n) is 5.63. The average Bonchev–Trinajstić information content (AvgIpc) is 2.70. The molecule has 0 saturated heterocycles. The minimum atomic E-state index is -4.70. The SMILES string of the molecule is C=CCCC1CCC(c2ccc(C#Cc3ccc(C(F)(F)F)c(F)c3)cc2)CC1. The van der Waals surface area contributed by atoms with E-state index in [2.05, 4.69) is 30.6 Å². The van der Waals surface area contributed by atoms with Crippen LogP contribution in [0.2, 0.25) is 0 Å². The van der Waals surface area contributed by atoms with Crippen LogP contribution in [0.3, 0.4) is 0 Å². The molecule has 0 unspecified atom stereocenters. The molecule has 0 N–H and O–H groups in total. The van der Waals surface area contributed by atoms with Crippen LogP contribution in [0.1, 0.15) is 66.7 Å². The van der Waals surface area contributed by atoms with Gasteiger partial charge in [0.25, 0.3) is 0 Å². The Kier molecular flexibility index (Phi) is 6.79. The number of alkyl halides is 3. The van der Waals surface area contributed by atoms with Gasteiger partial charge in [0.1, 0.15) is 5.82 Å². The van der Waals surface area contributed by atoms with Gasteiger partial charge in [-0.25, -0.2) is 4.39 Å². The fourth-order valence-corrected chi connectivity index (χ4v) is 3.94. The fourth-order valence-electron chi connectivity index (χ4n) is 3.94. The summed E-state index contributed by atoms with van der Waals surface area (Å²) in [6.07, 6.45) is 4.50. The summed E-state index contributed by atoms with van der Waals surface area (Å²) in [7, 11) is 0. The minimum Gasteiger partial charge on any atom is -0.206 e. The van der Waals surface area contributed by atoms with Crippen molar-refractivity contribution < 1.29 is 17.6 Å². The first-order valence-electron chi connectivity index (χ1n) is 9.96. The summed E-state index contributed by atoms with van der Waals surface area (Å²) < 4.78 is 51.5. The number of halogens is 4. The lowest BCUT2D eigenvalue weighted by molar-refractivity contribution is -0.140. The van der Waals surface area contributed by atoms with Gasteiger partial charge in [-0.3, -0.25) is 0 Å². The predicted octanol–water partition coefficient (Wildman–Crippen LogP) is 7.48. The fraction of sp³-hybridized carbons (Fsp3) is 0.360. The summed E-state index contributed by atoms with van der Waals surface area (Å²) >= 11 is 0. The molecule has 0 amide bonds. The molecule has 3 rings (SSSR count). The summed E-state index contributed by atoms with van der Waals surface area (Å²) in [5.74, 6) is 5.71. The summed E-state index contributed by atoms with van der Waals surface area (Å²) in [5.41, 5.74) is 1.01. The number of hydrogen-bond donors (Lipinski definition) is 0. The summed E-state index contributed by atoms with van der Waals surface area (Å²) in [6.45, 7) is 3.79. The lowest BCUT2D eigenvalue weighted by Gasteiger charge is -2.28. The van der Waals surface area contributed by atoms with Crippen LogP contribution in [-0.4, -0.2) is 0 Å². The quantitative estimate of drug-likeness (QED) is 0.283. The van der Waals surface area contributed by atoms with E-state index in [1.165, 1.54) is 43.7 Å². The number of hydrogen-bond acceptors (Lipinski definition) is 0. The molecule has 0 aromatic heterocycles. The molecule has 0 spiro atoms. The lowest BCUT2D eigenvalue weighted by Crippen LogP contribution is -2.13. The Labute approximate surface area is 169 Å². The number of rotatable bonds is 4. The van der Waals surface area contributed by atoms with E-state index in [-0.39, 0.29) is 5.56 Å². The Morgan fingerprint density at radius 1 is 0.931 bits per heavy atom. The topological polar surface area (TPSA) is 0 Å². The highest BCUT2D eigenvalue weighted by Crippen LogP contribution is 2.37. The van der Waals surface area contributed by atoms with Crippen molar-refractivity contribution in [2.75, 3.05) is 0 Å². The molecule has 1 aliphatic carbocycles. The van der Waals surface area contributed by atoms with Gasteiger partial charge in [-0.15, -0.1) is 6.58 Å². The van der Waals surface area contributed by atoms with Gasteiger partial charge < -0.3 is 0 Å². The molecule has 1 aliphatic rings. The molecular weight excluding hydrogens is 376 g/mol. The maximum atomic E-state index is 13.6. The molecule has 0 atom stereocenters. The molecule has 2 aromatic rings. The van der Waals surface area contributed by atoms with Gasteiger partial charge in [0, 0.05) is 11.1 Å². The highest BCUT2D eigenvalue weighted by Gasteiger charge is 2.33. The van der Waals surface area contributed by atoms with E-state index in [4.69, 9.17) is 0 Å². The standard InChI is InChI=1S/C25H24F4/c1-2-3-4-18-7-12-21(13-8-18)22-14-9-19(10-15-22)5-6-20-11-16-23(24(26)17-20)25(27,28)29/h2,9-11,14-18,21H,1,3-4,7-8,12-13H2. The molecule has 0 heterocycles. The first-order chi connectivity index (χ1) is 13.9. The van der Waals surface area contributed by atoms with Crippen LogP contribution in [0.15, 0.2) is 55.1 Å². The molecule has 152 valence electrons. The normalized spacial score (nSPS) is 19.3. The molecule has 4 heteroatoms. The van der Waals surface area contributed by atoms with E-state index in [9.17, 15) is 17.6 Å². The second-order valence-electron chi connectivity index (χ2n) is 7.65. The smallest absolute Gasteiger partial charge is 0.206 e. The van der Waals surface area contributed by atoms with Crippen molar-refractivity contribution in [2.45, 2.75) is 50.6 Å². The molecule has 2 aromatic carbocycles. The van der Waals surface area contributed by atoms with Crippen molar-refractivity contribution in [3.05, 3.63) is 83.2 Å². The minimum absolute atomic E-state index is 0.220. The Morgan fingerprint density at radius 3 is 2.14 bits per heavy atom. The maximum absolute atomic E-state index is 13.6. The van der Waals surface area contributed by atoms with Gasteiger partial charge in [0.15, 0.2) is 0 Å². The predicted molar refractivity (Wildman–Crippen MR) is 108 cm³/mol. The van der Waals surface area contributed by atoms with E-state index < -0.39 is 17.6 Å². The van der Waals surface area contributed by atoms with Gasteiger partial charge in [-0.1, -0.05) is 30.0 Å². The molecule has 0 radical (unpaired) electrons. The third-order valence-corrected chi connectivity index (χ3v) is 5.63.